The summed E-state index contributed by atoms with van der Waals surface area (Å²) in [6, 6.07) is -1.25. The maximum atomic E-state index is 11.5. The van der Waals surface area contributed by atoms with Crippen LogP contribution in [0, 0.1) is 0 Å². The molecule has 0 saturated heterocycles. The molecule has 0 bridgehead atoms. The molecular formula is C15H29ClN2O3. The lowest BCUT2D eigenvalue weighted by Crippen LogP contribution is -2.45. The van der Waals surface area contributed by atoms with Gasteiger partial charge in [-0.2, -0.15) is 0 Å². The lowest BCUT2D eigenvalue weighted by molar-refractivity contribution is -0.143. The summed E-state index contributed by atoms with van der Waals surface area (Å²) in [5, 5.41) is 5.24. The van der Waals surface area contributed by atoms with Crippen molar-refractivity contribution in [2.45, 2.75) is 71.3 Å². The molecule has 0 aliphatic heterocycles. The van der Waals surface area contributed by atoms with Gasteiger partial charge >= 0.3 is 12.0 Å². The first-order valence-corrected chi connectivity index (χ1v) is 8.42. The molecule has 5 nitrogen and oxygen atoms in total. The number of urea groups is 1. The monoisotopic (exact) mass is 320 g/mol. The molecule has 2 N–H and O–H groups in total. The van der Waals surface area contributed by atoms with Gasteiger partial charge in [0.25, 0.3) is 0 Å². The van der Waals surface area contributed by atoms with Gasteiger partial charge in [-0.05, 0) is 13.3 Å². The van der Waals surface area contributed by atoms with Crippen LogP contribution in [0.5, 0.6) is 0 Å². The Bertz CT molecular complexity index is 288. The van der Waals surface area contributed by atoms with Crippen LogP contribution in [0.2, 0.25) is 0 Å². The molecule has 0 unspecified atom stereocenters. The van der Waals surface area contributed by atoms with Crippen molar-refractivity contribution in [3.05, 3.63) is 0 Å². The maximum absolute atomic E-state index is 11.5. The second kappa shape index (κ2) is 14.0. The van der Waals surface area contributed by atoms with Crippen LogP contribution in [0.15, 0.2) is 0 Å². The fourth-order valence-electron chi connectivity index (χ4n) is 1.95. The highest BCUT2D eigenvalue weighted by molar-refractivity contribution is 6.17. The average molecular weight is 321 g/mol. The van der Waals surface area contributed by atoms with Crippen molar-refractivity contribution in [1.82, 2.24) is 10.6 Å². The number of hydrogen-bond donors (Lipinski definition) is 2. The van der Waals surface area contributed by atoms with Gasteiger partial charge in [0.2, 0.25) is 0 Å². The van der Waals surface area contributed by atoms with Gasteiger partial charge in [0, 0.05) is 6.54 Å². The molecule has 0 fully saturated rings. The zero-order valence-corrected chi connectivity index (χ0v) is 14.0. The number of ether oxygens (including phenoxy) is 1. The topological polar surface area (TPSA) is 67.4 Å². The molecule has 0 aromatic heterocycles. The predicted molar refractivity (Wildman–Crippen MR) is 85.4 cm³/mol. The number of nitrogens with one attached hydrogen (secondary N) is 2. The van der Waals surface area contributed by atoms with E-state index in [0.717, 1.165) is 12.8 Å². The molecule has 124 valence electrons. The van der Waals surface area contributed by atoms with Gasteiger partial charge in [0.15, 0.2) is 6.07 Å². The van der Waals surface area contributed by atoms with Gasteiger partial charge in [0.05, 0.1) is 0 Å². The van der Waals surface area contributed by atoms with Crippen molar-refractivity contribution in [3.63, 3.8) is 0 Å². The fourth-order valence-corrected chi connectivity index (χ4v) is 2.05. The van der Waals surface area contributed by atoms with Crippen molar-refractivity contribution < 1.29 is 14.3 Å². The summed E-state index contributed by atoms with van der Waals surface area (Å²) in [7, 11) is 0. The predicted octanol–water partition coefficient (Wildman–Crippen LogP) is 3.55. The molecular weight excluding hydrogens is 292 g/mol. The van der Waals surface area contributed by atoms with Gasteiger partial charge in [-0.15, -0.1) is 0 Å². The Morgan fingerprint density at radius 1 is 1.05 bits per heavy atom. The number of esters is 1. The highest BCUT2D eigenvalue weighted by Crippen LogP contribution is 2.07. The Labute approximate surface area is 133 Å². The quantitative estimate of drug-likeness (QED) is 0.328. The lowest BCUT2D eigenvalue weighted by atomic mass is 10.1. The van der Waals surface area contributed by atoms with Crippen molar-refractivity contribution in [2.75, 3.05) is 12.6 Å². The smallest absolute Gasteiger partial charge is 0.329 e. The molecule has 0 saturated carbocycles. The van der Waals surface area contributed by atoms with Crippen LogP contribution < -0.4 is 10.6 Å². The van der Waals surface area contributed by atoms with Gasteiger partial charge in [-0.3, -0.25) is 0 Å². The molecule has 21 heavy (non-hydrogen) atoms. The van der Waals surface area contributed by atoms with Crippen molar-refractivity contribution >= 4 is 23.6 Å². The number of unbranched alkanes of at least 4 members (excludes halogenated alkanes) is 7. The van der Waals surface area contributed by atoms with Crippen LogP contribution in [-0.2, 0) is 9.53 Å². The van der Waals surface area contributed by atoms with E-state index in [2.05, 4.69) is 22.3 Å². The summed E-state index contributed by atoms with van der Waals surface area (Å²) in [5.41, 5.74) is 0. The van der Waals surface area contributed by atoms with Crippen molar-refractivity contribution in [1.29, 1.82) is 0 Å². The SMILES string of the molecule is CCCCCCCCCCNC(=O)N[C@@H](C)C(=O)OCCl. The van der Waals surface area contributed by atoms with Crippen LogP contribution >= 0.6 is 11.6 Å². The van der Waals surface area contributed by atoms with Crippen LogP contribution in [0.1, 0.15) is 65.2 Å². The highest BCUT2D eigenvalue weighted by atomic mass is 35.5. The van der Waals surface area contributed by atoms with Crippen LogP contribution in [0.3, 0.4) is 0 Å². The van der Waals surface area contributed by atoms with Gasteiger partial charge in [0.1, 0.15) is 6.04 Å². The van der Waals surface area contributed by atoms with Gasteiger partial charge in [-0.1, -0.05) is 63.5 Å². The van der Waals surface area contributed by atoms with Gasteiger partial charge < -0.3 is 15.4 Å². The van der Waals surface area contributed by atoms with E-state index in [-0.39, 0.29) is 12.1 Å². The molecule has 0 heterocycles. The third-order valence-corrected chi connectivity index (χ3v) is 3.32. The maximum Gasteiger partial charge on any atom is 0.329 e. The third kappa shape index (κ3) is 12.5. The summed E-state index contributed by atoms with van der Waals surface area (Å²) in [6.45, 7) is 4.40. The molecule has 0 aromatic rings. The van der Waals surface area contributed by atoms with Crippen LogP contribution in [0.25, 0.3) is 0 Å². The Morgan fingerprint density at radius 2 is 1.62 bits per heavy atom. The average Bonchev–Trinajstić information content (AvgIpc) is 2.45. The number of carbonyl (C=O) groups is 2. The van der Waals surface area contributed by atoms with Crippen LogP contribution in [-0.4, -0.2) is 30.7 Å². The van der Waals surface area contributed by atoms with E-state index in [9.17, 15) is 9.59 Å². The number of rotatable bonds is 12. The molecule has 0 spiro atoms. The molecule has 2 amide bonds. The highest BCUT2D eigenvalue weighted by Gasteiger charge is 2.15. The molecule has 1 atom stereocenters. The lowest BCUT2D eigenvalue weighted by Gasteiger charge is -2.13. The Hall–Kier alpha value is -0.970. The first-order chi connectivity index (χ1) is 10.1. The minimum absolute atomic E-state index is 0.204. The minimum atomic E-state index is -0.692. The zero-order chi connectivity index (χ0) is 15.9. The van der Waals surface area contributed by atoms with Gasteiger partial charge in [-0.25, -0.2) is 9.59 Å². The molecule has 0 aliphatic rings. The largest absolute Gasteiger partial charge is 0.448 e. The molecule has 0 aliphatic carbocycles. The third-order valence-electron chi connectivity index (χ3n) is 3.21. The number of carbonyl (C=O) groups excluding carboxylic acids is 2. The Kier molecular flexibility index (Phi) is 13.3. The van der Waals surface area contributed by atoms with E-state index < -0.39 is 12.0 Å². The Morgan fingerprint density at radius 3 is 2.19 bits per heavy atom. The number of alkyl halides is 1. The van der Waals surface area contributed by atoms with E-state index in [4.69, 9.17) is 11.6 Å². The molecule has 6 heteroatoms. The summed E-state index contributed by atoms with van der Waals surface area (Å²) in [5.74, 6) is -0.535. The standard InChI is InChI=1S/C15H29ClN2O3/c1-3-4-5-6-7-8-9-10-11-17-15(20)18-13(2)14(19)21-12-16/h13H,3-12H2,1-2H3,(H2,17,18,20)/t13-/m0/s1. The van der Waals surface area contributed by atoms with E-state index in [1.165, 1.54) is 38.5 Å². The number of amides is 2. The summed E-state index contributed by atoms with van der Waals surface area (Å²) in [4.78, 5) is 22.8. The van der Waals surface area contributed by atoms with E-state index >= 15 is 0 Å². The molecule has 0 rings (SSSR count). The van der Waals surface area contributed by atoms with E-state index in [1.807, 2.05) is 0 Å². The summed E-state index contributed by atoms with van der Waals surface area (Å²) in [6.07, 6.45) is 9.80. The first kappa shape index (κ1) is 20.0. The molecule has 0 aromatic carbocycles. The van der Waals surface area contributed by atoms with Crippen molar-refractivity contribution in [3.8, 4) is 0 Å². The molecule has 0 radical (unpaired) electrons. The first-order valence-electron chi connectivity index (χ1n) is 7.88. The normalized spacial score (nSPS) is 11.8. The number of halogens is 1. The zero-order valence-electron chi connectivity index (χ0n) is 13.3. The second-order valence-electron chi connectivity index (χ2n) is 5.17. The number of hydrogen-bond acceptors (Lipinski definition) is 3. The van der Waals surface area contributed by atoms with E-state index in [0.29, 0.717) is 6.54 Å². The van der Waals surface area contributed by atoms with Crippen LogP contribution in [0.4, 0.5) is 4.79 Å². The fraction of sp³-hybridized carbons (Fsp3) is 0.867. The Balaban J connectivity index is 3.43. The van der Waals surface area contributed by atoms with Crippen molar-refractivity contribution in [2.24, 2.45) is 0 Å². The second-order valence-corrected chi connectivity index (χ2v) is 5.39. The van der Waals surface area contributed by atoms with E-state index in [1.54, 1.807) is 6.92 Å². The summed E-state index contributed by atoms with van der Waals surface area (Å²) < 4.78 is 4.59. The summed E-state index contributed by atoms with van der Waals surface area (Å²) >= 11 is 5.28. The minimum Gasteiger partial charge on any atom is -0.448 e.